The average Bonchev–Trinajstić information content (AvgIpc) is 3.83. The number of esters is 1. The second-order valence-electron chi connectivity index (χ2n) is 19.5. The van der Waals surface area contributed by atoms with Crippen LogP contribution in [0.4, 0.5) is 0 Å². The van der Waals surface area contributed by atoms with Crippen LogP contribution in [0.5, 0.6) is 0 Å². The zero-order chi connectivity index (χ0) is 54.6. The number of amides is 8. The van der Waals surface area contributed by atoms with E-state index in [-0.39, 0.29) is 50.6 Å². The minimum atomic E-state index is -1.07. The second-order valence-corrected chi connectivity index (χ2v) is 19.5. The number of hydrogen-bond acceptors (Lipinski definition) is 12. The third-order valence-corrected chi connectivity index (χ3v) is 13.7. The summed E-state index contributed by atoms with van der Waals surface area (Å²) >= 11 is 0. The van der Waals surface area contributed by atoms with Gasteiger partial charge in [-0.05, 0) is 49.2 Å². The fourth-order valence-electron chi connectivity index (χ4n) is 9.45. The van der Waals surface area contributed by atoms with Gasteiger partial charge in [-0.2, -0.15) is 0 Å². The predicted molar refractivity (Wildman–Crippen MR) is 271 cm³/mol. The van der Waals surface area contributed by atoms with Crippen LogP contribution in [0.3, 0.4) is 0 Å². The van der Waals surface area contributed by atoms with E-state index in [2.05, 4.69) is 22.5 Å². The van der Waals surface area contributed by atoms with Crippen molar-refractivity contribution in [2.45, 2.75) is 149 Å². The fraction of sp³-hybridized carbons (Fsp3) is 0.673. The van der Waals surface area contributed by atoms with Gasteiger partial charge in [0.25, 0.3) is 0 Å². The molecule has 72 heavy (non-hydrogen) atoms. The van der Waals surface area contributed by atoms with Gasteiger partial charge in [0.1, 0.15) is 24.2 Å². The largest absolute Gasteiger partial charge is 0.467 e. The molecule has 0 aromatic heterocycles. The van der Waals surface area contributed by atoms with Crippen LogP contribution in [0.2, 0.25) is 0 Å². The molecule has 1 aliphatic rings. The molecule has 1 heterocycles. The van der Waals surface area contributed by atoms with Gasteiger partial charge in [0, 0.05) is 67.2 Å². The number of ether oxygens (including phenoxy) is 3. The molecule has 404 valence electrons. The molecular weight excluding hydrogens is 929 g/mol. The standard InChI is InChI=1S/C52H84N8O12/c1-15-33(7)46(39(70-12)30-43(64)60-26-20-23-38(60)47(71-13)34(8)48(65)55-37(52(69)72-14)29-36-21-18-17-19-22-36)58(11)51(68)44(31(3)4)56-49(66)45(32(5)6)57(10)50(67)35(9)54-41(62)25-28-59(42(63)16-2)27-24-40(53)61/h16-19,21-22,31-35,37-39,44-47H,2,15,20,23-30H2,1,3-14H3,(H2,53,61)(H,54,62)(H,55,65)(H,56,66)/t33-,34+,35-,37-,38-,39+,44-,45-,46-,47+/m0/s1. The Morgan fingerprint density at radius 3 is 1.97 bits per heavy atom. The summed E-state index contributed by atoms with van der Waals surface area (Å²) in [6, 6.07) is 4.04. The number of benzene rings is 1. The van der Waals surface area contributed by atoms with E-state index in [4.69, 9.17) is 19.9 Å². The van der Waals surface area contributed by atoms with Crippen molar-refractivity contribution >= 4 is 53.2 Å². The lowest BCUT2D eigenvalue weighted by Gasteiger charge is -2.41. The summed E-state index contributed by atoms with van der Waals surface area (Å²) in [5.41, 5.74) is 6.07. The molecule has 8 amide bonds. The number of nitrogens with zero attached hydrogens (tertiary/aromatic N) is 4. The zero-order valence-corrected chi connectivity index (χ0v) is 44.9. The first-order valence-corrected chi connectivity index (χ1v) is 25.0. The summed E-state index contributed by atoms with van der Waals surface area (Å²) in [7, 11) is 7.31. The third kappa shape index (κ3) is 17.7. The van der Waals surface area contributed by atoms with Crippen molar-refractivity contribution in [2.24, 2.45) is 29.4 Å². The van der Waals surface area contributed by atoms with Crippen molar-refractivity contribution in [1.82, 2.24) is 35.6 Å². The van der Waals surface area contributed by atoms with Gasteiger partial charge in [0.15, 0.2) is 0 Å². The fourth-order valence-corrected chi connectivity index (χ4v) is 9.45. The minimum Gasteiger partial charge on any atom is -0.467 e. The molecule has 1 saturated heterocycles. The normalized spacial score (nSPS) is 17.2. The summed E-state index contributed by atoms with van der Waals surface area (Å²) in [4.78, 5) is 126. The molecule has 1 aromatic carbocycles. The molecule has 5 N–H and O–H groups in total. The molecule has 0 saturated carbocycles. The first kappa shape index (κ1) is 62.2. The number of nitrogens with two attached hydrogens (primary N) is 1. The molecule has 10 atom stereocenters. The highest BCUT2D eigenvalue weighted by atomic mass is 16.5. The Balaban J connectivity index is 2.27. The molecule has 0 radical (unpaired) electrons. The van der Waals surface area contributed by atoms with Crippen molar-refractivity contribution in [3.63, 3.8) is 0 Å². The van der Waals surface area contributed by atoms with Crippen molar-refractivity contribution in [3.05, 3.63) is 48.6 Å². The number of carbonyl (C=O) groups excluding carboxylic acids is 9. The Morgan fingerprint density at radius 1 is 0.819 bits per heavy atom. The van der Waals surface area contributed by atoms with Gasteiger partial charge in [-0.3, -0.25) is 38.4 Å². The van der Waals surface area contributed by atoms with E-state index in [1.54, 1.807) is 46.6 Å². The van der Waals surface area contributed by atoms with Crippen molar-refractivity contribution in [2.75, 3.05) is 55.1 Å². The molecule has 0 spiro atoms. The highest BCUT2D eigenvalue weighted by molar-refractivity contribution is 5.95. The van der Waals surface area contributed by atoms with Gasteiger partial charge < -0.3 is 55.5 Å². The number of carbonyl (C=O) groups is 9. The van der Waals surface area contributed by atoms with E-state index < -0.39 is 114 Å². The zero-order valence-electron chi connectivity index (χ0n) is 44.9. The van der Waals surface area contributed by atoms with Crippen LogP contribution in [0, 0.1) is 23.7 Å². The summed E-state index contributed by atoms with van der Waals surface area (Å²) in [5.74, 6) is -6.27. The summed E-state index contributed by atoms with van der Waals surface area (Å²) in [6.07, 6.45) is 1.24. The summed E-state index contributed by atoms with van der Waals surface area (Å²) < 4.78 is 17.0. The monoisotopic (exact) mass is 1010 g/mol. The van der Waals surface area contributed by atoms with Gasteiger partial charge in [0.05, 0.1) is 43.7 Å². The lowest BCUT2D eigenvalue weighted by Crippen LogP contribution is -2.61. The molecule has 0 unspecified atom stereocenters. The van der Waals surface area contributed by atoms with Crippen LogP contribution in [0.15, 0.2) is 43.0 Å². The number of rotatable bonds is 30. The van der Waals surface area contributed by atoms with Crippen LogP contribution in [-0.4, -0.2) is 176 Å². The lowest BCUT2D eigenvalue weighted by atomic mass is 9.89. The van der Waals surface area contributed by atoms with Gasteiger partial charge in [-0.1, -0.05) is 91.8 Å². The molecule has 0 aliphatic carbocycles. The van der Waals surface area contributed by atoms with Crippen LogP contribution < -0.4 is 21.7 Å². The maximum atomic E-state index is 14.7. The quantitative estimate of drug-likeness (QED) is 0.0640. The van der Waals surface area contributed by atoms with Gasteiger partial charge in [-0.25, -0.2) is 4.79 Å². The number of methoxy groups -OCH3 is 3. The Labute approximate surface area is 426 Å². The van der Waals surface area contributed by atoms with Crippen molar-refractivity contribution in [1.29, 1.82) is 0 Å². The first-order valence-electron chi connectivity index (χ1n) is 25.0. The number of hydrogen-bond donors (Lipinski definition) is 4. The van der Waals surface area contributed by atoms with E-state index in [1.807, 2.05) is 44.2 Å². The average molecular weight is 1010 g/mol. The SMILES string of the molecule is C=CC(=O)N(CCC(N)=O)CCC(=O)N[C@@H](C)C(=O)N(C)[C@H](C(=O)N[C@H](C(=O)N(C)[C@@H]([C@@H](C)CC)[C@@H](CC(=O)N1CCC[C@H]1[C@H](OC)[C@@H](C)C(=O)N[C@@H](Cc1ccccc1)C(=O)OC)OC)C(C)C)C(C)C. The predicted octanol–water partition coefficient (Wildman–Crippen LogP) is 2.22. The van der Waals surface area contributed by atoms with Gasteiger partial charge >= 0.3 is 5.97 Å². The number of nitrogens with one attached hydrogen (secondary N) is 3. The summed E-state index contributed by atoms with van der Waals surface area (Å²) in [5, 5.41) is 8.38. The molecule has 0 bridgehead atoms. The molecule has 1 aliphatic heterocycles. The maximum absolute atomic E-state index is 14.7. The Kier molecular flexibility index (Phi) is 26.1. The molecular formula is C52H84N8O12. The minimum absolute atomic E-state index is 0.00533. The topological polar surface area (TPSA) is 256 Å². The van der Waals surface area contributed by atoms with Crippen LogP contribution >= 0.6 is 0 Å². The highest BCUT2D eigenvalue weighted by Gasteiger charge is 2.44. The number of likely N-dealkylation sites (tertiary alicyclic amines) is 1. The molecule has 1 aromatic rings. The molecule has 20 nitrogen and oxygen atoms in total. The van der Waals surface area contributed by atoms with Crippen molar-refractivity contribution < 1.29 is 57.4 Å². The molecule has 20 heteroatoms. The molecule has 2 rings (SSSR count). The Morgan fingerprint density at radius 2 is 1.44 bits per heavy atom. The van der Waals surface area contributed by atoms with Gasteiger partial charge in [-0.15, -0.1) is 0 Å². The summed E-state index contributed by atoms with van der Waals surface area (Å²) in [6.45, 7) is 18.0. The van der Waals surface area contributed by atoms with Crippen LogP contribution in [-0.2, 0) is 63.8 Å². The maximum Gasteiger partial charge on any atom is 0.328 e. The second kappa shape index (κ2) is 30.2. The first-order chi connectivity index (χ1) is 33.9. The Hall–Kier alpha value is -5.89. The van der Waals surface area contributed by atoms with E-state index in [1.165, 1.54) is 50.0 Å². The van der Waals surface area contributed by atoms with Crippen LogP contribution in [0.1, 0.15) is 99.5 Å². The Bertz CT molecular complexity index is 2000. The van der Waals surface area contributed by atoms with E-state index >= 15 is 0 Å². The molecule has 1 fully saturated rings. The lowest BCUT2D eigenvalue weighted by molar-refractivity contribution is -0.149. The van der Waals surface area contributed by atoms with Crippen molar-refractivity contribution in [3.8, 4) is 0 Å². The number of likely N-dealkylation sites (N-methyl/N-ethyl adjacent to an activating group) is 2. The van der Waals surface area contributed by atoms with E-state index in [9.17, 15) is 43.2 Å². The number of primary amides is 1. The van der Waals surface area contributed by atoms with E-state index in [0.717, 1.165) is 11.6 Å². The smallest absolute Gasteiger partial charge is 0.328 e. The van der Waals surface area contributed by atoms with Gasteiger partial charge in [0.2, 0.25) is 47.3 Å². The highest BCUT2D eigenvalue weighted by Crippen LogP contribution is 2.30. The van der Waals surface area contributed by atoms with E-state index in [0.29, 0.717) is 25.8 Å². The third-order valence-electron chi connectivity index (χ3n) is 13.7. The van der Waals surface area contributed by atoms with Crippen LogP contribution in [0.25, 0.3) is 0 Å².